The lowest BCUT2D eigenvalue weighted by molar-refractivity contribution is -0.143. The number of likely N-dealkylation sites (tertiary alicyclic amines) is 1. The van der Waals surface area contributed by atoms with Crippen molar-refractivity contribution in [3.8, 4) is 11.5 Å². The number of hydrogen-bond donors (Lipinski definition) is 1. The van der Waals surface area contributed by atoms with Crippen molar-refractivity contribution < 1.29 is 19.4 Å². The smallest absolute Gasteiger partial charge is 0.307 e. The number of piperidine rings is 1. The SMILES string of the molecule is O=C(O)C1CCCN(C(c2ccc3c(c2)OCO3)c2ccc(Cl)cc2Cl)C1. The summed E-state index contributed by atoms with van der Waals surface area (Å²) in [4.78, 5) is 13.7. The Kier molecular flexibility index (Phi) is 5.17. The lowest BCUT2D eigenvalue weighted by Gasteiger charge is -2.38. The van der Waals surface area contributed by atoms with Gasteiger partial charge in [-0.25, -0.2) is 0 Å². The highest BCUT2D eigenvalue weighted by Gasteiger charge is 2.33. The van der Waals surface area contributed by atoms with Crippen LogP contribution in [0.1, 0.15) is 30.0 Å². The number of carboxylic acids is 1. The molecule has 0 spiro atoms. The van der Waals surface area contributed by atoms with E-state index in [1.807, 2.05) is 24.3 Å². The van der Waals surface area contributed by atoms with Gasteiger partial charge in [-0.3, -0.25) is 9.69 Å². The van der Waals surface area contributed by atoms with Crippen molar-refractivity contribution in [2.45, 2.75) is 18.9 Å². The molecule has 1 N–H and O–H groups in total. The molecule has 2 aromatic rings. The molecule has 142 valence electrons. The van der Waals surface area contributed by atoms with Crippen molar-refractivity contribution in [2.75, 3.05) is 19.9 Å². The molecule has 0 aliphatic carbocycles. The predicted octanol–water partition coefficient (Wildman–Crippen LogP) is 4.61. The minimum absolute atomic E-state index is 0.189. The van der Waals surface area contributed by atoms with Crippen LogP contribution in [-0.4, -0.2) is 35.9 Å². The van der Waals surface area contributed by atoms with Crippen molar-refractivity contribution in [1.29, 1.82) is 0 Å². The second kappa shape index (κ2) is 7.58. The zero-order chi connectivity index (χ0) is 19.0. The van der Waals surface area contributed by atoms with Gasteiger partial charge < -0.3 is 14.6 Å². The fourth-order valence-electron chi connectivity index (χ4n) is 3.84. The van der Waals surface area contributed by atoms with Gasteiger partial charge in [0.2, 0.25) is 6.79 Å². The van der Waals surface area contributed by atoms with Crippen LogP contribution in [-0.2, 0) is 4.79 Å². The number of carboxylic acid groups (broad SMARTS) is 1. The summed E-state index contributed by atoms with van der Waals surface area (Å²) in [7, 11) is 0. The number of halogens is 2. The Balaban J connectivity index is 1.76. The van der Waals surface area contributed by atoms with Gasteiger partial charge in [-0.15, -0.1) is 0 Å². The van der Waals surface area contributed by atoms with Gasteiger partial charge in [0.05, 0.1) is 12.0 Å². The summed E-state index contributed by atoms with van der Waals surface area (Å²) in [5, 5.41) is 10.6. The molecule has 7 heteroatoms. The standard InChI is InChI=1S/C20H19Cl2NO4/c21-14-4-5-15(16(22)9-14)19(23-7-1-2-13(10-23)20(24)25)12-3-6-17-18(8-12)27-11-26-17/h3-6,8-9,13,19H,1-2,7,10-11H2,(H,24,25). The van der Waals surface area contributed by atoms with E-state index in [2.05, 4.69) is 4.90 Å². The van der Waals surface area contributed by atoms with E-state index in [4.69, 9.17) is 32.7 Å². The van der Waals surface area contributed by atoms with E-state index >= 15 is 0 Å². The number of ether oxygens (including phenoxy) is 2. The summed E-state index contributed by atoms with van der Waals surface area (Å²) in [5.74, 6) is 0.254. The average Bonchev–Trinajstić information content (AvgIpc) is 3.12. The Morgan fingerprint density at radius 2 is 1.96 bits per heavy atom. The fraction of sp³-hybridized carbons (Fsp3) is 0.350. The molecule has 0 amide bonds. The molecule has 0 bridgehead atoms. The minimum Gasteiger partial charge on any atom is -0.481 e. The molecule has 0 radical (unpaired) electrons. The van der Waals surface area contributed by atoms with Gasteiger partial charge in [-0.05, 0) is 54.8 Å². The van der Waals surface area contributed by atoms with Crippen LogP contribution in [0.5, 0.6) is 11.5 Å². The molecule has 0 saturated carbocycles. The number of nitrogens with zero attached hydrogens (tertiary/aromatic N) is 1. The van der Waals surface area contributed by atoms with Gasteiger partial charge in [0, 0.05) is 16.6 Å². The van der Waals surface area contributed by atoms with Crippen molar-refractivity contribution >= 4 is 29.2 Å². The van der Waals surface area contributed by atoms with E-state index in [9.17, 15) is 9.90 Å². The number of benzene rings is 2. The van der Waals surface area contributed by atoms with Gasteiger partial charge in [0.15, 0.2) is 11.5 Å². The van der Waals surface area contributed by atoms with Crippen molar-refractivity contribution in [2.24, 2.45) is 5.92 Å². The lowest BCUT2D eigenvalue weighted by Crippen LogP contribution is -2.41. The maximum Gasteiger partial charge on any atom is 0.307 e. The van der Waals surface area contributed by atoms with Crippen LogP contribution in [0.2, 0.25) is 10.0 Å². The summed E-state index contributed by atoms with van der Waals surface area (Å²) in [5.41, 5.74) is 1.88. The maximum atomic E-state index is 11.6. The van der Waals surface area contributed by atoms with Crippen molar-refractivity contribution in [1.82, 2.24) is 4.90 Å². The van der Waals surface area contributed by atoms with Crippen LogP contribution < -0.4 is 9.47 Å². The summed E-state index contributed by atoms with van der Waals surface area (Å²) >= 11 is 12.6. The second-order valence-electron chi connectivity index (χ2n) is 6.85. The molecule has 2 heterocycles. The Bertz CT molecular complexity index is 873. The van der Waals surface area contributed by atoms with Crippen LogP contribution in [0.25, 0.3) is 0 Å². The normalized spacial score (nSPS) is 20.4. The Morgan fingerprint density at radius 1 is 1.15 bits per heavy atom. The summed E-state index contributed by atoms with van der Waals surface area (Å²) in [6.07, 6.45) is 1.51. The molecule has 5 nitrogen and oxygen atoms in total. The Morgan fingerprint density at radius 3 is 2.74 bits per heavy atom. The Labute approximate surface area is 167 Å². The zero-order valence-electron chi connectivity index (χ0n) is 14.5. The van der Waals surface area contributed by atoms with Crippen molar-refractivity contribution in [3.05, 3.63) is 57.6 Å². The summed E-state index contributed by atoms with van der Waals surface area (Å²) in [6.45, 7) is 1.46. The van der Waals surface area contributed by atoms with E-state index < -0.39 is 5.97 Å². The van der Waals surface area contributed by atoms with E-state index in [0.717, 1.165) is 24.1 Å². The van der Waals surface area contributed by atoms with Crippen LogP contribution in [0, 0.1) is 5.92 Å². The minimum atomic E-state index is -0.758. The van der Waals surface area contributed by atoms with Gasteiger partial charge in [0.1, 0.15) is 0 Å². The van der Waals surface area contributed by atoms with E-state index in [0.29, 0.717) is 34.5 Å². The molecule has 1 fully saturated rings. The van der Waals surface area contributed by atoms with Crippen molar-refractivity contribution in [3.63, 3.8) is 0 Å². The molecule has 2 atom stereocenters. The topological polar surface area (TPSA) is 59.0 Å². The fourth-order valence-corrected chi connectivity index (χ4v) is 4.35. The van der Waals surface area contributed by atoms with E-state index in [1.165, 1.54) is 0 Å². The number of rotatable bonds is 4. The third kappa shape index (κ3) is 3.72. The number of fused-ring (bicyclic) bond motifs is 1. The number of hydrogen-bond acceptors (Lipinski definition) is 4. The lowest BCUT2D eigenvalue weighted by atomic mass is 9.91. The molecule has 4 rings (SSSR count). The highest BCUT2D eigenvalue weighted by Crippen LogP contribution is 2.41. The highest BCUT2D eigenvalue weighted by molar-refractivity contribution is 6.35. The Hall–Kier alpha value is -1.95. The molecular weight excluding hydrogens is 389 g/mol. The third-order valence-corrected chi connectivity index (χ3v) is 5.70. The number of aliphatic carboxylic acids is 1. The molecule has 27 heavy (non-hydrogen) atoms. The third-order valence-electron chi connectivity index (χ3n) is 5.14. The predicted molar refractivity (Wildman–Crippen MR) is 103 cm³/mol. The first kappa shape index (κ1) is 18.4. The van der Waals surface area contributed by atoms with Crippen LogP contribution in [0.4, 0.5) is 0 Å². The monoisotopic (exact) mass is 407 g/mol. The quantitative estimate of drug-likeness (QED) is 0.801. The first-order valence-corrected chi connectivity index (χ1v) is 9.60. The van der Waals surface area contributed by atoms with Gasteiger partial charge in [-0.2, -0.15) is 0 Å². The van der Waals surface area contributed by atoms with Gasteiger partial charge >= 0.3 is 5.97 Å². The van der Waals surface area contributed by atoms with Crippen LogP contribution >= 0.6 is 23.2 Å². The zero-order valence-corrected chi connectivity index (χ0v) is 16.0. The average molecular weight is 408 g/mol. The number of carbonyl (C=O) groups is 1. The van der Waals surface area contributed by atoms with Gasteiger partial charge in [0.25, 0.3) is 0 Å². The maximum absolute atomic E-state index is 11.6. The molecule has 0 aromatic heterocycles. The van der Waals surface area contributed by atoms with E-state index in [-0.39, 0.29) is 18.8 Å². The first-order chi connectivity index (χ1) is 13.0. The van der Waals surface area contributed by atoms with E-state index in [1.54, 1.807) is 12.1 Å². The summed E-state index contributed by atoms with van der Waals surface area (Å²) < 4.78 is 10.9. The largest absolute Gasteiger partial charge is 0.481 e. The molecule has 1 saturated heterocycles. The first-order valence-electron chi connectivity index (χ1n) is 8.84. The molecule has 2 aliphatic rings. The van der Waals surface area contributed by atoms with Crippen LogP contribution in [0.3, 0.4) is 0 Å². The second-order valence-corrected chi connectivity index (χ2v) is 7.70. The molecule has 2 unspecified atom stereocenters. The molecule has 2 aliphatic heterocycles. The highest BCUT2D eigenvalue weighted by atomic mass is 35.5. The van der Waals surface area contributed by atoms with Crippen LogP contribution in [0.15, 0.2) is 36.4 Å². The molecule has 2 aromatic carbocycles. The summed E-state index contributed by atoms with van der Waals surface area (Å²) in [6, 6.07) is 11.1. The molecular formula is C20H19Cl2NO4. The van der Waals surface area contributed by atoms with Gasteiger partial charge in [-0.1, -0.05) is 35.3 Å².